The second-order valence-corrected chi connectivity index (χ2v) is 3.88. The molecule has 3 rings (SSSR count). The van der Waals surface area contributed by atoms with Crippen LogP contribution in [0.3, 0.4) is 0 Å². The predicted molar refractivity (Wildman–Crippen MR) is 63.3 cm³/mol. The average Bonchev–Trinajstić information content (AvgIpc) is 2.29. The van der Waals surface area contributed by atoms with Crippen molar-refractivity contribution in [3.8, 4) is 0 Å². The highest BCUT2D eigenvalue weighted by atomic mass is 35.5. The molecular formula is C10H5ClN4O2. The molecule has 0 unspecified atom stereocenters. The SMILES string of the molecule is O=c1[nH]c(=O)c2nnc3c(Cl)cccc3c2[nH]1. The molecule has 0 saturated carbocycles. The third kappa shape index (κ3) is 1.42. The van der Waals surface area contributed by atoms with E-state index in [1.54, 1.807) is 18.2 Å². The summed E-state index contributed by atoms with van der Waals surface area (Å²) in [6.45, 7) is 0. The molecule has 0 atom stereocenters. The topological polar surface area (TPSA) is 91.5 Å². The van der Waals surface area contributed by atoms with Crippen LogP contribution < -0.4 is 11.2 Å². The zero-order chi connectivity index (χ0) is 12.0. The number of hydrogen-bond acceptors (Lipinski definition) is 4. The zero-order valence-corrected chi connectivity index (χ0v) is 9.08. The van der Waals surface area contributed by atoms with E-state index in [-0.39, 0.29) is 5.52 Å². The van der Waals surface area contributed by atoms with E-state index in [1.807, 2.05) is 0 Å². The summed E-state index contributed by atoms with van der Waals surface area (Å²) in [4.78, 5) is 27.4. The van der Waals surface area contributed by atoms with Crippen LogP contribution in [0.15, 0.2) is 27.8 Å². The number of rotatable bonds is 0. The van der Waals surface area contributed by atoms with Crippen molar-refractivity contribution in [1.29, 1.82) is 0 Å². The maximum atomic E-state index is 11.5. The lowest BCUT2D eigenvalue weighted by molar-refractivity contribution is 1.03. The monoisotopic (exact) mass is 248 g/mol. The summed E-state index contributed by atoms with van der Waals surface area (Å²) in [6.07, 6.45) is 0. The molecule has 0 spiro atoms. The number of H-pyrrole nitrogens is 2. The Morgan fingerprint density at radius 2 is 1.82 bits per heavy atom. The van der Waals surface area contributed by atoms with Gasteiger partial charge in [-0.1, -0.05) is 23.7 Å². The van der Waals surface area contributed by atoms with E-state index in [2.05, 4.69) is 20.2 Å². The first-order valence-electron chi connectivity index (χ1n) is 4.74. The summed E-state index contributed by atoms with van der Waals surface area (Å²) in [5.74, 6) is 0. The molecule has 7 heteroatoms. The van der Waals surface area contributed by atoms with Gasteiger partial charge in [0.2, 0.25) is 0 Å². The van der Waals surface area contributed by atoms with Gasteiger partial charge in [-0.05, 0) is 6.07 Å². The Morgan fingerprint density at radius 3 is 2.65 bits per heavy atom. The van der Waals surface area contributed by atoms with Crippen LogP contribution in [0.5, 0.6) is 0 Å². The van der Waals surface area contributed by atoms with Crippen molar-refractivity contribution in [2.24, 2.45) is 0 Å². The Balaban J connectivity index is 2.70. The highest BCUT2D eigenvalue weighted by Gasteiger charge is 2.09. The molecule has 2 aromatic heterocycles. The quantitative estimate of drug-likeness (QED) is 0.576. The Labute approximate surface area is 98.3 Å². The maximum absolute atomic E-state index is 11.5. The number of aromatic amines is 2. The van der Waals surface area contributed by atoms with Gasteiger partial charge in [-0.25, -0.2) is 4.79 Å². The van der Waals surface area contributed by atoms with E-state index in [4.69, 9.17) is 11.6 Å². The Hall–Kier alpha value is -2.21. The van der Waals surface area contributed by atoms with Gasteiger partial charge in [-0.2, -0.15) is 0 Å². The van der Waals surface area contributed by atoms with Crippen molar-refractivity contribution < 1.29 is 0 Å². The summed E-state index contributed by atoms with van der Waals surface area (Å²) < 4.78 is 0. The molecule has 0 aliphatic carbocycles. The minimum absolute atomic E-state index is 0.0827. The molecule has 0 radical (unpaired) electrons. The molecular weight excluding hydrogens is 244 g/mol. The third-order valence-corrected chi connectivity index (χ3v) is 2.73. The first kappa shape index (κ1) is 9.98. The van der Waals surface area contributed by atoms with E-state index in [0.29, 0.717) is 21.4 Å². The van der Waals surface area contributed by atoms with Crippen LogP contribution in [0, 0.1) is 0 Å². The molecule has 0 aliphatic rings. The smallest absolute Gasteiger partial charge is 0.305 e. The van der Waals surface area contributed by atoms with Gasteiger partial charge in [0.1, 0.15) is 5.52 Å². The van der Waals surface area contributed by atoms with Crippen molar-refractivity contribution in [3.05, 3.63) is 44.1 Å². The van der Waals surface area contributed by atoms with Gasteiger partial charge in [0.05, 0.1) is 10.5 Å². The molecule has 0 saturated heterocycles. The molecule has 0 amide bonds. The minimum atomic E-state index is -0.586. The Bertz CT molecular complexity index is 852. The van der Waals surface area contributed by atoms with Gasteiger partial charge in [-0.15, -0.1) is 10.2 Å². The summed E-state index contributed by atoms with van der Waals surface area (Å²) in [6, 6.07) is 5.09. The van der Waals surface area contributed by atoms with Crippen molar-refractivity contribution in [1.82, 2.24) is 20.2 Å². The summed E-state index contributed by atoms with van der Waals surface area (Å²) >= 11 is 5.96. The molecule has 84 valence electrons. The molecule has 0 aliphatic heterocycles. The van der Waals surface area contributed by atoms with Crippen molar-refractivity contribution in [2.45, 2.75) is 0 Å². The van der Waals surface area contributed by atoms with E-state index >= 15 is 0 Å². The van der Waals surface area contributed by atoms with Crippen LogP contribution in [0.1, 0.15) is 0 Å². The molecule has 2 N–H and O–H groups in total. The number of halogens is 1. The summed E-state index contributed by atoms with van der Waals surface area (Å²) in [5.41, 5.74) is -0.288. The fourth-order valence-electron chi connectivity index (χ4n) is 1.69. The fraction of sp³-hybridized carbons (Fsp3) is 0. The Morgan fingerprint density at radius 1 is 1.06 bits per heavy atom. The van der Waals surface area contributed by atoms with Crippen LogP contribution in [0.2, 0.25) is 5.02 Å². The van der Waals surface area contributed by atoms with E-state index < -0.39 is 11.2 Å². The van der Waals surface area contributed by atoms with Crippen LogP contribution in [0.25, 0.3) is 21.9 Å². The number of nitrogens with one attached hydrogen (secondary N) is 2. The zero-order valence-electron chi connectivity index (χ0n) is 8.32. The molecule has 17 heavy (non-hydrogen) atoms. The van der Waals surface area contributed by atoms with Gasteiger partial charge in [-0.3, -0.25) is 9.78 Å². The van der Waals surface area contributed by atoms with Gasteiger partial charge >= 0.3 is 5.69 Å². The minimum Gasteiger partial charge on any atom is -0.305 e. The van der Waals surface area contributed by atoms with Crippen LogP contribution in [-0.4, -0.2) is 20.2 Å². The first-order chi connectivity index (χ1) is 8.16. The lowest BCUT2D eigenvalue weighted by Crippen LogP contribution is -2.23. The van der Waals surface area contributed by atoms with Gasteiger partial charge in [0.25, 0.3) is 5.56 Å². The average molecular weight is 249 g/mol. The van der Waals surface area contributed by atoms with Crippen molar-refractivity contribution in [2.75, 3.05) is 0 Å². The first-order valence-corrected chi connectivity index (χ1v) is 5.12. The van der Waals surface area contributed by atoms with Crippen LogP contribution >= 0.6 is 11.6 Å². The van der Waals surface area contributed by atoms with E-state index in [1.165, 1.54) is 0 Å². The second kappa shape index (κ2) is 3.39. The number of fused-ring (bicyclic) bond motifs is 3. The van der Waals surface area contributed by atoms with Crippen LogP contribution in [-0.2, 0) is 0 Å². The molecule has 0 fully saturated rings. The molecule has 2 heterocycles. The third-order valence-electron chi connectivity index (χ3n) is 2.42. The van der Waals surface area contributed by atoms with Gasteiger partial charge in [0.15, 0.2) is 5.52 Å². The Kier molecular flexibility index (Phi) is 1.99. The van der Waals surface area contributed by atoms with Crippen molar-refractivity contribution in [3.63, 3.8) is 0 Å². The molecule has 1 aromatic carbocycles. The second-order valence-electron chi connectivity index (χ2n) is 3.47. The lowest BCUT2D eigenvalue weighted by Gasteiger charge is -2.01. The normalized spacial score (nSPS) is 11.1. The maximum Gasteiger partial charge on any atom is 0.326 e. The van der Waals surface area contributed by atoms with Crippen molar-refractivity contribution >= 4 is 33.5 Å². The highest BCUT2D eigenvalue weighted by Crippen LogP contribution is 2.23. The van der Waals surface area contributed by atoms with Crippen LogP contribution in [0.4, 0.5) is 0 Å². The molecule has 0 bridgehead atoms. The number of hydrogen-bond donors (Lipinski definition) is 2. The lowest BCUT2D eigenvalue weighted by atomic mass is 10.2. The van der Waals surface area contributed by atoms with E-state index in [9.17, 15) is 9.59 Å². The predicted octanol–water partition coefficient (Wildman–Crippen LogP) is 0.813. The van der Waals surface area contributed by atoms with E-state index in [0.717, 1.165) is 0 Å². The fourth-order valence-corrected chi connectivity index (χ4v) is 1.90. The standard InChI is InChI=1S/C10H5ClN4O2/c11-5-3-1-2-4-6(5)14-15-8-7(4)12-10(17)13-9(8)16/h1-3H,(H2,12,13,16,17). The number of nitrogens with zero attached hydrogens (tertiary/aromatic N) is 2. The molecule has 3 aromatic rings. The molecule has 6 nitrogen and oxygen atoms in total. The highest BCUT2D eigenvalue weighted by molar-refractivity contribution is 6.35. The summed E-state index contributed by atoms with van der Waals surface area (Å²) in [7, 11) is 0. The summed E-state index contributed by atoms with van der Waals surface area (Å²) in [5, 5.41) is 8.64. The van der Waals surface area contributed by atoms with Gasteiger partial charge in [0, 0.05) is 5.39 Å². The number of benzene rings is 1. The number of aromatic nitrogens is 4. The van der Waals surface area contributed by atoms with Gasteiger partial charge < -0.3 is 4.98 Å². The largest absolute Gasteiger partial charge is 0.326 e.